The topological polar surface area (TPSA) is 34.1 Å². The van der Waals surface area contributed by atoms with E-state index in [0.29, 0.717) is 10.6 Å². The van der Waals surface area contributed by atoms with Crippen LogP contribution in [0.1, 0.15) is 17.0 Å². The highest BCUT2D eigenvalue weighted by Gasteiger charge is 2.51. The predicted octanol–water partition coefficient (Wildman–Crippen LogP) is 2.69. The summed E-state index contributed by atoms with van der Waals surface area (Å²) in [5.74, 6) is -1.08. The van der Waals surface area contributed by atoms with Crippen LogP contribution in [-0.4, -0.2) is 11.6 Å². The second-order valence-electron chi connectivity index (χ2n) is 4.70. The number of carbonyl (C=O) groups excluding carboxylic acids is 2. The summed E-state index contributed by atoms with van der Waals surface area (Å²) in [6.07, 6.45) is 3.62. The quantitative estimate of drug-likeness (QED) is 0.564. The maximum absolute atomic E-state index is 12.1. The van der Waals surface area contributed by atoms with E-state index >= 15 is 0 Å². The summed E-state index contributed by atoms with van der Waals surface area (Å²) in [6, 6.07) is 5.48. The molecular formula is C14H11ClO2. The Labute approximate surface area is 104 Å². The van der Waals surface area contributed by atoms with Gasteiger partial charge in [-0.3, -0.25) is 9.59 Å². The van der Waals surface area contributed by atoms with E-state index in [1.807, 2.05) is 25.1 Å². The van der Waals surface area contributed by atoms with Gasteiger partial charge in [0.2, 0.25) is 0 Å². The molecule has 0 N–H and O–H groups in total. The van der Waals surface area contributed by atoms with Crippen molar-refractivity contribution >= 4 is 23.2 Å². The molecule has 0 amide bonds. The molecule has 2 nitrogen and oxygen atoms in total. The minimum Gasteiger partial charge on any atom is -0.298 e. The molecule has 3 rings (SSSR count). The van der Waals surface area contributed by atoms with Crippen LogP contribution in [-0.2, 0) is 9.59 Å². The van der Waals surface area contributed by atoms with Gasteiger partial charge in [0, 0.05) is 5.02 Å². The minimum absolute atomic E-state index is 0.00625. The largest absolute Gasteiger partial charge is 0.298 e. The van der Waals surface area contributed by atoms with Gasteiger partial charge in [0.15, 0.2) is 11.6 Å². The lowest BCUT2D eigenvalue weighted by Gasteiger charge is -2.16. The summed E-state index contributed by atoms with van der Waals surface area (Å²) in [5, 5.41) is 0.512. The molecule has 17 heavy (non-hydrogen) atoms. The second kappa shape index (κ2) is 3.54. The fraction of sp³-hybridized carbons (Fsp3) is 0.286. The third-order valence-electron chi connectivity index (χ3n) is 3.61. The molecule has 1 saturated carbocycles. The van der Waals surface area contributed by atoms with E-state index in [2.05, 4.69) is 0 Å². The Kier molecular flexibility index (Phi) is 2.23. The van der Waals surface area contributed by atoms with Gasteiger partial charge in [0.25, 0.3) is 0 Å². The first kappa shape index (κ1) is 10.7. The monoisotopic (exact) mass is 246 g/mol. The Morgan fingerprint density at radius 3 is 2.12 bits per heavy atom. The fourth-order valence-electron chi connectivity index (χ4n) is 2.57. The molecule has 1 aromatic carbocycles. The molecule has 0 radical (unpaired) electrons. The van der Waals surface area contributed by atoms with E-state index < -0.39 is 5.92 Å². The molecule has 2 aliphatic carbocycles. The maximum Gasteiger partial charge on any atom is 0.155 e. The number of allylic oxidation sites excluding steroid dienone is 2. The first-order valence-corrected chi connectivity index (χ1v) is 5.99. The van der Waals surface area contributed by atoms with Crippen LogP contribution in [0.2, 0.25) is 5.02 Å². The van der Waals surface area contributed by atoms with E-state index in [4.69, 9.17) is 11.6 Å². The zero-order valence-electron chi connectivity index (χ0n) is 9.31. The van der Waals surface area contributed by atoms with Crippen LogP contribution >= 0.6 is 11.6 Å². The summed E-state index contributed by atoms with van der Waals surface area (Å²) < 4.78 is 0. The molecule has 2 unspecified atom stereocenters. The van der Waals surface area contributed by atoms with Crippen molar-refractivity contribution in [1.29, 1.82) is 0 Å². The SMILES string of the molecule is Cc1ccc(C2C(=O)C3C=CC3C2=O)c(Cl)c1. The Hall–Kier alpha value is -1.41. The van der Waals surface area contributed by atoms with Crippen molar-refractivity contribution in [3.8, 4) is 0 Å². The normalized spacial score (nSPS) is 30.4. The molecule has 0 aromatic heterocycles. The number of rotatable bonds is 1. The van der Waals surface area contributed by atoms with Gasteiger partial charge >= 0.3 is 0 Å². The van der Waals surface area contributed by atoms with E-state index in [1.165, 1.54) is 0 Å². The molecule has 3 heteroatoms. The van der Waals surface area contributed by atoms with Crippen LogP contribution in [0.25, 0.3) is 0 Å². The van der Waals surface area contributed by atoms with Gasteiger partial charge in [0.05, 0.1) is 11.8 Å². The van der Waals surface area contributed by atoms with Crippen LogP contribution < -0.4 is 0 Å². The summed E-state index contributed by atoms with van der Waals surface area (Å²) >= 11 is 6.13. The molecule has 2 aliphatic rings. The lowest BCUT2D eigenvalue weighted by molar-refractivity contribution is -0.124. The van der Waals surface area contributed by atoms with Crippen LogP contribution in [0, 0.1) is 18.8 Å². The van der Waals surface area contributed by atoms with E-state index in [9.17, 15) is 9.59 Å². The molecule has 0 aliphatic heterocycles. The highest BCUT2D eigenvalue weighted by atomic mass is 35.5. The molecule has 0 heterocycles. The van der Waals surface area contributed by atoms with Crippen molar-refractivity contribution in [3.05, 3.63) is 46.5 Å². The number of hydrogen-bond acceptors (Lipinski definition) is 2. The van der Waals surface area contributed by atoms with Crippen LogP contribution in [0.3, 0.4) is 0 Å². The number of benzene rings is 1. The fourth-order valence-corrected chi connectivity index (χ4v) is 2.92. The van der Waals surface area contributed by atoms with Gasteiger partial charge in [-0.1, -0.05) is 35.9 Å². The van der Waals surface area contributed by atoms with Gasteiger partial charge in [-0.25, -0.2) is 0 Å². The van der Waals surface area contributed by atoms with Crippen LogP contribution in [0.15, 0.2) is 30.4 Å². The second-order valence-corrected chi connectivity index (χ2v) is 5.11. The smallest absolute Gasteiger partial charge is 0.155 e. The third kappa shape index (κ3) is 1.40. The first-order chi connectivity index (χ1) is 8.09. The van der Waals surface area contributed by atoms with Crippen LogP contribution in [0.5, 0.6) is 0 Å². The number of halogens is 1. The predicted molar refractivity (Wildman–Crippen MR) is 65.1 cm³/mol. The average molecular weight is 247 g/mol. The highest BCUT2D eigenvalue weighted by Crippen LogP contribution is 2.44. The zero-order chi connectivity index (χ0) is 12.2. The first-order valence-electron chi connectivity index (χ1n) is 5.61. The van der Waals surface area contributed by atoms with Crippen molar-refractivity contribution in [2.75, 3.05) is 0 Å². The van der Waals surface area contributed by atoms with Gasteiger partial charge in [0.1, 0.15) is 5.92 Å². The third-order valence-corrected chi connectivity index (χ3v) is 3.93. The van der Waals surface area contributed by atoms with Crippen molar-refractivity contribution in [2.45, 2.75) is 12.8 Å². The Bertz CT molecular complexity index is 535. The minimum atomic E-state index is -0.659. The molecular weight excluding hydrogens is 236 g/mol. The zero-order valence-corrected chi connectivity index (χ0v) is 10.1. The van der Waals surface area contributed by atoms with Crippen LogP contribution in [0.4, 0.5) is 0 Å². The lowest BCUT2D eigenvalue weighted by Crippen LogP contribution is -2.20. The van der Waals surface area contributed by atoms with Gasteiger partial charge in [-0.05, 0) is 24.1 Å². The summed E-state index contributed by atoms with van der Waals surface area (Å²) in [5.41, 5.74) is 1.68. The standard InChI is InChI=1S/C14H11ClO2/c1-7-2-3-10(11(15)6-7)12-13(16)8-4-5-9(8)14(12)17/h2-6,8-9,12H,1H3. The van der Waals surface area contributed by atoms with Crippen molar-refractivity contribution in [1.82, 2.24) is 0 Å². The number of carbonyl (C=O) groups is 2. The van der Waals surface area contributed by atoms with Crippen molar-refractivity contribution < 1.29 is 9.59 Å². The highest BCUT2D eigenvalue weighted by molar-refractivity contribution is 6.33. The number of Topliss-reactive ketones (excluding diaryl/α,β-unsaturated/α-hetero) is 2. The number of aryl methyl sites for hydroxylation is 1. The van der Waals surface area contributed by atoms with Gasteiger partial charge in [-0.15, -0.1) is 0 Å². The lowest BCUT2D eigenvalue weighted by atomic mass is 9.85. The summed E-state index contributed by atoms with van der Waals surface area (Å²) in [6.45, 7) is 1.93. The van der Waals surface area contributed by atoms with Gasteiger partial charge in [-0.2, -0.15) is 0 Å². The molecule has 0 saturated heterocycles. The van der Waals surface area contributed by atoms with Crippen molar-refractivity contribution in [3.63, 3.8) is 0 Å². The number of ketones is 2. The summed E-state index contributed by atoms with van der Waals surface area (Å²) in [4.78, 5) is 24.2. The molecule has 1 fully saturated rings. The maximum atomic E-state index is 12.1. The number of hydrogen-bond donors (Lipinski definition) is 0. The van der Waals surface area contributed by atoms with E-state index in [-0.39, 0.29) is 23.4 Å². The van der Waals surface area contributed by atoms with E-state index in [1.54, 1.807) is 12.1 Å². The molecule has 86 valence electrons. The average Bonchev–Trinajstić information content (AvgIpc) is 2.34. The number of fused-ring (bicyclic) bond motifs is 1. The molecule has 1 aromatic rings. The Morgan fingerprint density at radius 2 is 1.65 bits per heavy atom. The Balaban J connectivity index is 2.05. The molecule has 0 spiro atoms. The summed E-state index contributed by atoms with van der Waals surface area (Å²) in [7, 11) is 0. The molecule has 0 bridgehead atoms. The molecule has 2 atom stereocenters. The van der Waals surface area contributed by atoms with Crippen molar-refractivity contribution in [2.24, 2.45) is 11.8 Å². The van der Waals surface area contributed by atoms with Gasteiger partial charge < -0.3 is 0 Å². The van der Waals surface area contributed by atoms with E-state index in [0.717, 1.165) is 5.56 Å². The Morgan fingerprint density at radius 1 is 1.06 bits per heavy atom.